The summed E-state index contributed by atoms with van der Waals surface area (Å²) in [6.45, 7) is 0.244. The van der Waals surface area contributed by atoms with Gasteiger partial charge in [0.05, 0.1) is 31.4 Å². The van der Waals surface area contributed by atoms with Gasteiger partial charge >= 0.3 is 5.97 Å². The fourth-order valence-corrected chi connectivity index (χ4v) is 2.75. The van der Waals surface area contributed by atoms with E-state index in [1.165, 1.54) is 7.11 Å². The van der Waals surface area contributed by atoms with Gasteiger partial charge in [0.1, 0.15) is 5.75 Å². The van der Waals surface area contributed by atoms with Crippen LogP contribution in [0.5, 0.6) is 5.75 Å². The minimum absolute atomic E-state index is 0.0387. The molecule has 0 aliphatic carbocycles. The van der Waals surface area contributed by atoms with Crippen LogP contribution in [0.15, 0.2) is 42.7 Å². The lowest BCUT2D eigenvalue weighted by molar-refractivity contribution is -0.137. The molecule has 1 N–H and O–H groups in total. The summed E-state index contributed by atoms with van der Waals surface area (Å²) in [6, 6.07) is 8.45. The van der Waals surface area contributed by atoms with E-state index in [-0.39, 0.29) is 18.9 Å². The number of benzene rings is 1. The first kappa shape index (κ1) is 15.9. The number of aliphatic carboxylic acids is 1. The zero-order valence-corrected chi connectivity index (χ0v) is 13.0. The Kier molecular flexibility index (Phi) is 4.43. The number of carbonyl (C=O) groups is 2. The fraction of sp³-hybridized carbons (Fsp3) is 0.235. The lowest BCUT2D eigenvalue weighted by atomic mass is 9.96. The second-order valence-corrected chi connectivity index (χ2v) is 5.32. The molecule has 0 radical (unpaired) electrons. The van der Waals surface area contributed by atoms with Crippen LogP contribution in [0.4, 0.5) is 5.69 Å². The lowest BCUT2D eigenvalue weighted by Gasteiger charge is -2.20. The molecule has 124 valence electrons. The van der Waals surface area contributed by atoms with E-state index in [4.69, 9.17) is 14.7 Å². The van der Waals surface area contributed by atoms with Gasteiger partial charge in [-0.2, -0.15) is 5.06 Å². The first-order valence-corrected chi connectivity index (χ1v) is 7.38. The summed E-state index contributed by atoms with van der Waals surface area (Å²) in [4.78, 5) is 32.9. The average Bonchev–Trinajstić information content (AvgIpc) is 2.99. The third-order valence-electron chi connectivity index (χ3n) is 3.83. The number of amides is 1. The molecule has 7 heteroatoms. The first-order chi connectivity index (χ1) is 11.6. The van der Waals surface area contributed by atoms with Gasteiger partial charge in [0.2, 0.25) is 0 Å². The molecule has 1 atom stereocenters. The van der Waals surface area contributed by atoms with Gasteiger partial charge in [-0.15, -0.1) is 0 Å². The molecule has 1 aliphatic heterocycles. The average molecular weight is 328 g/mol. The van der Waals surface area contributed by atoms with Gasteiger partial charge < -0.3 is 9.84 Å². The molecule has 0 fully saturated rings. The fourth-order valence-electron chi connectivity index (χ4n) is 2.75. The second-order valence-electron chi connectivity index (χ2n) is 5.32. The third-order valence-corrected chi connectivity index (χ3v) is 3.83. The van der Waals surface area contributed by atoms with Crippen LogP contribution in [0.1, 0.15) is 28.3 Å². The Morgan fingerprint density at radius 2 is 2.08 bits per heavy atom. The Hall–Kier alpha value is -2.93. The summed E-state index contributed by atoms with van der Waals surface area (Å²) in [5, 5.41) is 10.1. The highest BCUT2D eigenvalue weighted by Gasteiger charge is 2.31. The summed E-state index contributed by atoms with van der Waals surface area (Å²) >= 11 is 0. The van der Waals surface area contributed by atoms with Crippen molar-refractivity contribution in [1.82, 2.24) is 4.98 Å². The number of ether oxygens (including phenoxy) is 1. The molecule has 0 spiro atoms. The van der Waals surface area contributed by atoms with Gasteiger partial charge in [0.25, 0.3) is 5.91 Å². The second kappa shape index (κ2) is 6.67. The van der Waals surface area contributed by atoms with E-state index in [1.807, 2.05) is 0 Å². The number of hydrogen-bond donors (Lipinski definition) is 1. The minimum atomic E-state index is -0.900. The first-order valence-electron chi connectivity index (χ1n) is 7.38. The Balaban J connectivity index is 1.94. The molecule has 0 bridgehead atoms. The van der Waals surface area contributed by atoms with Gasteiger partial charge in [-0.05, 0) is 18.2 Å². The van der Waals surface area contributed by atoms with E-state index < -0.39 is 11.9 Å². The molecule has 1 amide bonds. The van der Waals surface area contributed by atoms with E-state index in [0.717, 1.165) is 10.6 Å². The molecule has 1 aliphatic rings. The Morgan fingerprint density at radius 3 is 2.75 bits per heavy atom. The number of aromatic nitrogens is 1. The van der Waals surface area contributed by atoms with Gasteiger partial charge in [-0.25, -0.2) is 0 Å². The maximum Gasteiger partial charge on any atom is 0.304 e. The molecule has 1 aromatic heterocycles. The zero-order valence-electron chi connectivity index (χ0n) is 13.0. The molecule has 0 saturated heterocycles. The molecule has 2 heterocycles. The van der Waals surface area contributed by atoms with Crippen molar-refractivity contribution in [3.05, 3.63) is 53.9 Å². The van der Waals surface area contributed by atoms with Gasteiger partial charge in [-0.3, -0.25) is 19.4 Å². The van der Waals surface area contributed by atoms with Gasteiger partial charge in [-0.1, -0.05) is 12.1 Å². The van der Waals surface area contributed by atoms with Crippen LogP contribution in [0, 0.1) is 0 Å². The number of hydrogen-bond acceptors (Lipinski definition) is 5. The molecule has 24 heavy (non-hydrogen) atoms. The third kappa shape index (κ3) is 2.93. The Morgan fingerprint density at radius 1 is 1.33 bits per heavy atom. The van der Waals surface area contributed by atoms with E-state index in [9.17, 15) is 9.59 Å². The number of nitrogens with zero attached hydrogens (tertiary/aromatic N) is 2. The molecule has 1 aromatic carbocycles. The monoisotopic (exact) mass is 328 g/mol. The summed E-state index contributed by atoms with van der Waals surface area (Å²) in [7, 11) is 1.40. The smallest absolute Gasteiger partial charge is 0.304 e. The molecule has 7 nitrogen and oxygen atoms in total. The van der Waals surface area contributed by atoms with Crippen LogP contribution >= 0.6 is 0 Å². The normalized spacial score (nSPS) is 15.5. The molecular weight excluding hydrogens is 312 g/mol. The van der Waals surface area contributed by atoms with Crippen molar-refractivity contribution in [3.8, 4) is 5.75 Å². The summed E-state index contributed by atoms with van der Waals surface area (Å²) in [5.41, 5.74) is 1.60. The number of carboxylic acid groups (broad SMARTS) is 1. The van der Waals surface area contributed by atoms with Crippen LogP contribution in [0.3, 0.4) is 0 Å². The quantitative estimate of drug-likeness (QED) is 0.847. The van der Waals surface area contributed by atoms with Crippen LogP contribution in [0.25, 0.3) is 0 Å². The van der Waals surface area contributed by atoms with Crippen LogP contribution in [0.2, 0.25) is 0 Å². The topological polar surface area (TPSA) is 89.0 Å². The number of fused-ring (bicyclic) bond motifs is 1. The maximum absolute atomic E-state index is 12.8. The van der Waals surface area contributed by atoms with Crippen molar-refractivity contribution in [1.29, 1.82) is 0 Å². The van der Waals surface area contributed by atoms with Crippen molar-refractivity contribution in [2.75, 3.05) is 18.8 Å². The molecule has 0 saturated carbocycles. The number of para-hydroxylation sites is 1. The van der Waals surface area contributed by atoms with Gasteiger partial charge in [0, 0.05) is 23.9 Å². The Bertz CT molecular complexity index is 763. The van der Waals surface area contributed by atoms with Crippen LogP contribution in [-0.2, 0) is 9.63 Å². The van der Waals surface area contributed by atoms with E-state index in [1.54, 1.807) is 42.7 Å². The largest absolute Gasteiger partial charge is 0.492 e. The van der Waals surface area contributed by atoms with E-state index in [2.05, 4.69) is 4.98 Å². The van der Waals surface area contributed by atoms with Crippen molar-refractivity contribution in [3.63, 3.8) is 0 Å². The predicted molar refractivity (Wildman–Crippen MR) is 85.0 cm³/mol. The van der Waals surface area contributed by atoms with Crippen LogP contribution in [-0.4, -0.2) is 35.7 Å². The van der Waals surface area contributed by atoms with Crippen molar-refractivity contribution in [2.24, 2.45) is 0 Å². The van der Waals surface area contributed by atoms with Crippen molar-refractivity contribution < 1.29 is 24.3 Å². The minimum Gasteiger partial charge on any atom is -0.492 e. The number of carboxylic acids is 1. The highest BCUT2D eigenvalue weighted by atomic mass is 16.7. The Labute approximate surface area is 138 Å². The number of anilines is 1. The zero-order chi connectivity index (χ0) is 17.1. The lowest BCUT2D eigenvalue weighted by Crippen LogP contribution is -2.30. The van der Waals surface area contributed by atoms with Crippen molar-refractivity contribution >= 4 is 17.6 Å². The summed E-state index contributed by atoms with van der Waals surface area (Å²) < 4.78 is 5.62. The molecule has 1 unspecified atom stereocenters. The molecule has 2 aromatic rings. The summed E-state index contributed by atoms with van der Waals surface area (Å²) in [5.74, 6) is -1.13. The number of pyridine rings is 1. The number of carbonyl (C=O) groups excluding carboxylic acids is 1. The number of rotatable bonds is 5. The van der Waals surface area contributed by atoms with Gasteiger partial charge in [0.15, 0.2) is 0 Å². The van der Waals surface area contributed by atoms with Crippen LogP contribution < -0.4 is 9.80 Å². The SMILES string of the molecule is CON(C(=O)c1cccc2c1OCC2CC(=O)O)c1ccncc1. The predicted octanol–water partition coefficient (Wildman–Crippen LogP) is 2.24. The molecule has 3 rings (SSSR count). The highest BCUT2D eigenvalue weighted by Crippen LogP contribution is 2.39. The maximum atomic E-state index is 12.8. The van der Waals surface area contributed by atoms with E-state index in [0.29, 0.717) is 17.0 Å². The summed E-state index contributed by atoms with van der Waals surface area (Å²) in [6.07, 6.45) is 3.08. The van der Waals surface area contributed by atoms with E-state index >= 15 is 0 Å². The van der Waals surface area contributed by atoms with Crippen molar-refractivity contribution in [2.45, 2.75) is 12.3 Å². The highest BCUT2D eigenvalue weighted by molar-refractivity contribution is 6.07. The standard InChI is InChI=1S/C17H16N2O5/c1-23-19(12-5-7-18-8-6-12)17(22)14-4-2-3-13-11(9-15(20)21)10-24-16(13)14/h2-8,11H,9-10H2,1H3,(H,20,21). The number of hydroxylamine groups is 1. The molecular formula is C17H16N2O5.